The third-order valence-electron chi connectivity index (χ3n) is 9.22. The van der Waals surface area contributed by atoms with E-state index in [0.717, 1.165) is 4.90 Å². The molecule has 12 nitrogen and oxygen atoms in total. The molecule has 242 valence electrons. The maximum Gasteiger partial charge on any atom is 0.289 e. The van der Waals surface area contributed by atoms with Crippen LogP contribution in [0.1, 0.15) is 48.3 Å². The zero-order chi connectivity index (χ0) is 32.6. The summed E-state index contributed by atoms with van der Waals surface area (Å²) in [6.45, 7) is 0.0609. The Hall–Kier alpha value is -4.88. The van der Waals surface area contributed by atoms with E-state index in [2.05, 4.69) is 25.9 Å². The number of pyridine rings is 1. The van der Waals surface area contributed by atoms with Crippen LogP contribution in [0.3, 0.4) is 0 Å². The fourth-order valence-electron chi connectivity index (χ4n) is 6.54. The van der Waals surface area contributed by atoms with E-state index in [-0.39, 0.29) is 37.5 Å². The molecule has 2 aromatic heterocycles. The number of aromatic nitrogens is 2. The number of piperidine rings is 1. The summed E-state index contributed by atoms with van der Waals surface area (Å²) < 4.78 is 34.7. The molecule has 1 aromatic carbocycles. The Morgan fingerprint density at radius 2 is 1.98 bits per heavy atom. The van der Waals surface area contributed by atoms with Crippen molar-refractivity contribution in [1.82, 2.24) is 30.8 Å². The van der Waals surface area contributed by atoms with Crippen molar-refractivity contribution >= 4 is 40.3 Å². The molecule has 46 heavy (non-hydrogen) atoms. The third-order valence-corrected chi connectivity index (χ3v) is 9.22. The lowest BCUT2D eigenvalue weighted by atomic mass is 9.89. The van der Waals surface area contributed by atoms with Crippen LogP contribution in [0.2, 0.25) is 0 Å². The summed E-state index contributed by atoms with van der Waals surface area (Å²) in [5, 5.41) is 8.39. The van der Waals surface area contributed by atoms with Gasteiger partial charge in [0.15, 0.2) is 0 Å². The molecule has 4 amide bonds. The quantitative estimate of drug-likeness (QED) is 0.248. The molecule has 2 aliphatic heterocycles. The molecule has 14 heteroatoms. The first-order valence-corrected chi connectivity index (χ1v) is 15.2. The van der Waals surface area contributed by atoms with Crippen molar-refractivity contribution in [3.8, 4) is 5.75 Å². The van der Waals surface area contributed by atoms with Gasteiger partial charge >= 0.3 is 0 Å². The van der Waals surface area contributed by atoms with Crippen LogP contribution in [0.25, 0.3) is 10.9 Å². The third kappa shape index (κ3) is 5.90. The van der Waals surface area contributed by atoms with Gasteiger partial charge in [-0.3, -0.25) is 29.0 Å². The van der Waals surface area contributed by atoms with Crippen molar-refractivity contribution in [2.75, 3.05) is 20.2 Å². The summed E-state index contributed by atoms with van der Waals surface area (Å²) in [6, 6.07) is 9.02. The summed E-state index contributed by atoms with van der Waals surface area (Å²) in [5.74, 6) is -7.04. The van der Waals surface area contributed by atoms with E-state index in [4.69, 9.17) is 4.74 Å². The average molecular weight is 637 g/mol. The van der Waals surface area contributed by atoms with E-state index in [1.54, 1.807) is 42.5 Å². The van der Waals surface area contributed by atoms with Crippen molar-refractivity contribution in [1.29, 1.82) is 0 Å². The van der Waals surface area contributed by atoms with Crippen molar-refractivity contribution in [2.45, 2.75) is 56.7 Å². The number of H-pyrrole nitrogens is 1. The van der Waals surface area contributed by atoms with Crippen LogP contribution in [0, 0.1) is 11.3 Å². The second-order valence-electron chi connectivity index (χ2n) is 12.2. The number of carbonyl (C=O) groups excluding carboxylic acids is 5. The normalized spacial score (nSPS) is 23.9. The number of nitrogens with zero attached hydrogens (tertiary/aromatic N) is 2. The average Bonchev–Trinajstić information content (AvgIpc) is 3.38. The largest absolute Gasteiger partial charge is 0.496 e. The highest BCUT2D eigenvalue weighted by Gasteiger charge is 2.75. The topological polar surface area (TPSA) is 163 Å². The molecule has 0 radical (unpaired) electrons. The van der Waals surface area contributed by atoms with Gasteiger partial charge in [0.25, 0.3) is 17.7 Å². The first kappa shape index (κ1) is 31.1. The smallest absolute Gasteiger partial charge is 0.289 e. The predicted octanol–water partition coefficient (Wildman–Crippen LogP) is 2.10. The lowest BCUT2D eigenvalue weighted by molar-refractivity contribution is -0.141. The summed E-state index contributed by atoms with van der Waals surface area (Å²) in [7, 11) is 1.48. The maximum absolute atomic E-state index is 14.7. The molecule has 3 aliphatic rings. The number of hydrogen-bond donors (Lipinski definition) is 4. The Morgan fingerprint density at radius 3 is 2.67 bits per heavy atom. The molecule has 3 aromatic rings. The zero-order valence-electron chi connectivity index (χ0n) is 25.1. The highest BCUT2D eigenvalue weighted by Crippen LogP contribution is 2.66. The molecule has 4 N–H and O–H groups in total. The van der Waals surface area contributed by atoms with E-state index in [0.29, 0.717) is 41.7 Å². The lowest BCUT2D eigenvalue weighted by Gasteiger charge is -2.28. The van der Waals surface area contributed by atoms with Gasteiger partial charge in [-0.2, -0.15) is 0 Å². The standard InChI is InChI=1S/C32H34F2N6O6/c1-46-25-9-4-8-21-20(25)13-23(38-21)30(45)40-17-31(16-32(31,33)34)14-24(40)28(43)39-22(12-18-6-5-11-36-27(18)42)26(41)29(44)37-15-19-7-2-3-10-35-19/h2-4,7-10,13,18,22,24,38H,5-6,11-12,14-17H2,1H3,(H,36,42)(H,37,44)(H,39,43). The number of nitrogens with one attached hydrogen (secondary N) is 4. The van der Waals surface area contributed by atoms with Crippen LogP contribution in [0.15, 0.2) is 48.7 Å². The summed E-state index contributed by atoms with van der Waals surface area (Å²) >= 11 is 0. The predicted molar refractivity (Wildman–Crippen MR) is 160 cm³/mol. The van der Waals surface area contributed by atoms with Gasteiger partial charge in [-0.25, -0.2) is 8.78 Å². The zero-order valence-corrected chi connectivity index (χ0v) is 25.1. The summed E-state index contributed by atoms with van der Waals surface area (Å²) in [5.41, 5.74) is -0.403. The Kier molecular flexibility index (Phi) is 8.21. The van der Waals surface area contributed by atoms with Crippen molar-refractivity contribution < 1.29 is 37.5 Å². The first-order chi connectivity index (χ1) is 22.0. The van der Waals surface area contributed by atoms with E-state index in [1.807, 2.05) is 0 Å². The lowest BCUT2D eigenvalue weighted by Crippen LogP contribution is -2.54. The number of rotatable bonds is 10. The SMILES string of the molecule is COc1cccc2[nH]c(C(=O)N3CC4(CC3C(=O)NC(CC3CCCNC3=O)C(=O)C(=O)NCc3ccccn3)CC4(F)F)cc12. The van der Waals surface area contributed by atoms with Gasteiger partial charge in [-0.1, -0.05) is 12.1 Å². The molecule has 1 saturated carbocycles. The number of Topliss-reactive ketones (excluding diaryl/α,β-unsaturated/α-hetero) is 1. The van der Waals surface area contributed by atoms with Crippen LogP contribution in [0.4, 0.5) is 8.78 Å². The van der Waals surface area contributed by atoms with E-state index >= 15 is 0 Å². The fourth-order valence-corrected chi connectivity index (χ4v) is 6.54. The Balaban J connectivity index is 1.24. The highest BCUT2D eigenvalue weighted by molar-refractivity contribution is 6.38. The van der Waals surface area contributed by atoms with Crippen molar-refractivity contribution in [3.05, 3.63) is 60.0 Å². The number of aromatic amines is 1. The van der Waals surface area contributed by atoms with E-state index in [9.17, 15) is 32.8 Å². The number of amides is 4. The van der Waals surface area contributed by atoms with E-state index < -0.39 is 59.3 Å². The first-order valence-electron chi connectivity index (χ1n) is 15.2. The fraction of sp³-hybridized carbons (Fsp3) is 0.438. The minimum absolute atomic E-state index is 0.0478. The van der Waals surface area contributed by atoms with Crippen molar-refractivity contribution in [3.63, 3.8) is 0 Å². The number of methoxy groups -OCH3 is 1. The second kappa shape index (κ2) is 12.1. The van der Waals surface area contributed by atoms with Gasteiger partial charge in [0, 0.05) is 42.5 Å². The van der Waals surface area contributed by atoms with Gasteiger partial charge in [0.1, 0.15) is 17.5 Å². The second-order valence-corrected chi connectivity index (χ2v) is 12.2. The number of likely N-dealkylation sites (tertiary alicyclic amines) is 1. The maximum atomic E-state index is 14.7. The summed E-state index contributed by atoms with van der Waals surface area (Å²) in [6.07, 6.45) is 1.65. The molecule has 3 fully saturated rings. The summed E-state index contributed by atoms with van der Waals surface area (Å²) in [4.78, 5) is 74.8. The van der Waals surface area contributed by atoms with E-state index in [1.165, 1.54) is 13.3 Å². The molecule has 2 saturated heterocycles. The van der Waals surface area contributed by atoms with Crippen LogP contribution < -0.4 is 20.7 Å². The van der Waals surface area contributed by atoms with Crippen LogP contribution in [-0.4, -0.2) is 82.5 Å². The monoisotopic (exact) mass is 636 g/mol. The minimum atomic E-state index is -3.06. The molecule has 0 bridgehead atoms. The van der Waals surface area contributed by atoms with Crippen LogP contribution in [0.5, 0.6) is 5.75 Å². The molecular formula is C32H34F2N6O6. The molecular weight excluding hydrogens is 602 g/mol. The number of hydrogen-bond acceptors (Lipinski definition) is 7. The Morgan fingerprint density at radius 1 is 1.17 bits per heavy atom. The molecule has 1 aliphatic carbocycles. The molecule has 4 atom stereocenters. The minimum Gasteiger partial charge on any atom is -0.496 e. The van der Waals surface area contributed by atoms with Gasteiger partial charge in [-0.15, -0.1) is 0 Å². The Bertz CT molecular complexity index is 1700. The van der Waals surface area contributed by atoms with Gasteiger partial charge < -0.3 is 30.6 Å². The number of benzene rings is 1. The number of halogens is 2. The molecule has 6 rings (SSSR count). The van der Waals surface area contributed by atoms with Gasteiger partial charge in [0.2, 0.25) is 17.6 Å². The molecule has 1 spiro atoms. The van der Waals surface area contributed by atoms with Crippen LogP contribution in [-0.2, 0) is 25.7 Å². The number of carbonyl (C=O) groups is 5. The number of alkyl halides is 2. The Labute approximate surface area is 262 Å². The van der Waals surface area contributed by atoms with Gasteiger partial charge in [0.05, 0.1) is 30.8 Å². The van der Waals surface area contributed by atoms with Gasteiger partial charge in [-0.05, 0) is 56.0 Å². The number of fused-ring (bicyclic) bond motifs is 1. The number of ether oxygens (including phenoxy) is 1. The number of ketones is 1. The highest BCUT2D eigenvalue weighted by atomic mass is 19.3. The molecule has 4 unspecified atom stereocenters. The van der Waals surface area contributed by atoms with Crippen LogP contribution >= 0.6 is 0 Å². The van der Waals surface area contributed by atoms with Crippen molar-refractivity contribution in [2.24, 2.45) is 11.3 Å². The molecule has 4 heterocycles.